The van der Waals surface area contributed by atoms with E-state index >= 15 is 0 Å². The van der Waals surface area contributed by atoms with Crippen molar-refractivity contribution in [3.8, 4) is 0 Å². The summed E-state index contributed by atoms with van der Waals surface area (Å²) in [6.07, 6.45) is 2.09. The summed E-state index contributed by atoms with van der Waals surface area (Å²) < 4.78 is 23.5. The zero-order chi connectivity index (χ0) is 19.7. The topological polar surface area (TPSA) is 66.5 Å². The molecule has 1 aliphatic heterocycles. The van der Waals surface area contributed by atoms with Gasteiger partial charge in [-0.15, -0.1) is 22.7 Å². The standard InChI is InChI=1S/C20H20N2O3S3/c1-28(24,25)15-5-2-4-14(12-15)21-19(23)13-22-9-7-17-16(8-11-27-17)20(22)18-6-3-10-26-18/h2-6,8,10-12,20H,7,9,13H2,1H3,(H,21,23)/t20-/m0/s1. The molecule has 0 saturated heterocycles. The van der Waals surface area contributed by atoms with E-state index in [-0.39, 0.29) is 23.4 Å². The molecule has 3 heterocycles. The maximum atomic E-state index is 12.7. The van der Waals surface area contributed by atoms with E-state index in [1.807, 2.05) is 6.07 Å². The summed E-state index contributed by atoms with van der Waals surface area (Å²) in [6.45, 7) is 1.06. The van der Waals surface area contributed by atoms with Gasteiger partial charge in [-0.05, 0) is 53.1 Å². The molecule has 0 radical (unpaired) electrons. The Hall–Kier alpha value is -2.00. The number of nitrogens with one attached hydrogen (secondary N) is 1. The van der Waals surface area contributed by atoms with Gasteiger partial charge >= 0.3 is 0 Å². The van der Waals surface area contributed by atoms with Gasteiger partial charge < -0.3 is 5.32 Å². The second kappa shape index (κ2) is 7.79. The Bertz CT molecular complexity index is 1090. The van der Waals surface area contributed by atoms with E-state index < -0.39 is 9.84 Å². The minimum Gasteiger partial charge on any atom is -0.325 e. The van der Waals surface area contributed by atoms with Crippen LogP contribution in [0.4, 0.5) is 5.69 Å². The molecule has 0 bridgehead atoms. The Morgan fingerprint density at radius 3 is 2.79 bits per heavy atom. The number of nitrogens with zero attached hydrogens (tertiary/aromatic N) is 1. The highest BCUT2D eigenvalue weighted by Crippen LogP contribution is 2.39. The largest absolute Gasteiger partial charge is 0.325 e. The fraction of sp³-hybridized carbons (Fsp3) is 0.250. The molecule has 146 valence electrons. The lowest BCUT2D eigenvalue weighted by Crippen LogP contribution is -2.40. The third kappa shape index (κ3) is 4.05. The van der Waals surface area contributed by atoms with Gasteiger partial charge in [0.2, 0.25) is 5.91 Å². The number of anilines is 1. The van der Waals surface area contributed by atoms with Crippen molar-refractivity contribution < 1.29 is 13.2 Å². The number of thiophene rings is 2. The van der Waals surface area contributed by atoms with Gasteiger partial charge in [0, 0.05) is 28.2 Å². The van der Waals surface area contributed by atoms with Crippen molar-refractivity contribution in [3.05, 3.63) is 68.5 Å². The molecule has 0 unspecified atom stereocenters. The first-order valence-corrected chi connectivity index (χ1v) is 12.5. The normalized spacial score (nSPS) is 17.2. The summed E-state index contributed by atoms with van der Waals surface area (Å²) in [5.74, 6) is -0.147. The first-order valence-electron chi connectivity index (χ1n) is 8.85. The maximum absolute atomic E-state index is 12.7. The van der Waals surface area contributed by atoms with Crippen LogP contribution < -0.4 is 5.32 Å². The van der Waals surface area contributed by atoms with E-state index in [4.69, 9.17) is 0 Å². The summed E-state index contributed by atoms with van der Waals surface area (Å²) in [7, 11) is -3.31. The number of carbonyl (C=O) groups is 1. The predicted octanol–water partition coefficient (Wildman–Crippen LogP) is 3.80. The molecular weight excluding hydrogens is 412 g/mol. The average molecular weight is 433 g/mol. The highest BCUT2D eigenvalue weighted by molar-refractivity contribution is 7.90. The molecule has 2 aromatic heterocycles. The number of benzene rings is 1. The van der Waals surface area contributed by atoms with Crippen molar-refractivity contribution >= 4 is 44.1 Å². The van der Waals surface area contributed by atoms with E-state index in [0.29, 0.717) is 5.69 Å². The summed E-state index contributed by atoms with van der Waals surface area (Å²) >= 11 is 3.47. The van der Waals surface area contributed by atoms with Gasteiger partial charge in [0.1, 0.15) is 0 Å². The van der Waals surface area contributed by atoms with Crippen molar-refractivity contribution in [3.63, 3.8) is 0 Å². The van der Waals surface area contributed by atoms with Crippen LogP contribution in [0.1, 0.15) is 21.4 Å². The zero-order valence-corrected chi connectivity index (χ0v) is 17.7. The van der Waals surface area contributed by atoms with Crippen LogP contribution in [-0.4, -0.2) is 38.6 Å². The Morgan fingerprint density at radius 2 is 2.04 bits per heavy atom. The van der Waals surface area contributed by atoms with Gasteiger partial charge in [0.15, 0.2) is 9.84 Å². The minimum atomic E-state index is -3.31. The van der Waals surface area contributed by atoms with Crippen molar-refractivity contribution in [1.29, 1.82) is 0 Å². The van der Waals surface area contributed by atoms with E-state index in [0.717, 1.165) is 19.2 Å². The zero-order valence-electron chi connectivity index (χ0n) is 15.3. The molecule has 8 heteroatoms. The van der Waals surface area contributed by atoms with E-state index in [1.165, 1.54) is 27.5 Å². The van der Waals surface area contributed by atoms with Crippen LogP contribution in [0.15, 0.2) is 58.1 Å². The molecule has 0 aliphatic carbocycles. The second-order valence-electron chi connectivity index (χ2n) is 6.79. The number of carbonyl (C=O) groups excluding carboxylic acids is 1. The molecule has 3 aromatic rings. The van der Waals surface area contributed by atoms with Crippen LogP contribution in [0.2, 0.25) is 0 Å². The molecule has 0 fully saturated rings. The monoisotopic (exact) mass is 432 g/mol. The number of hydrogen-bond donors (Lipinski definition) is 1. The van der Waals surface area contributed by atoms with Gasteiger partial charge in [-0.25, -0.2) is 8.42 Å². The van der Waals surface area contributed by atoms with Crippen LogP contribution >= 0.6 is 22.7 Å². The third-order valence-electron chi connectivity index (χ3n) is 4.77. The van der Waals surface area contributed by atoms with Crippen LogP contribution in [0.5, 0.6) is 0 Å². The van der Waals surface area contributed by atoms with Gasteiger partial charge in [-0.1, -0.05) is 12.1 Å². The van der Waals surface area contributed by atoms with Crippen LogP contribution in [0.25, 0.3) is 0 Å². The van der Waals surface area contributed by atoms with E-state index in [1.54, 1.807) is 34.8 Å². The Balaban J connectivity index is 1.53. The van der Waals surface area contributed by atoms with Crippen molar-refractivity contribution in [1.82, 2.24) is 4.90 Å². The molecular formula is C20H20N2O3S3. The fourth-order valence-electron chi connectivity index (χ4n) is 3.51. The molecule has 1 N–H and O–H groups in total. The first kappa shape index (κ1) is 19.3. The Kier molecular flexibility index (Phi) is 5.37. The number of rotatable bonds is 5. The highest BCUT2D eigenvalue weighted by atomic mass is 32.2. The number of hydrogen-bond acceptors (Lipinski definition) is 6. The van der Waals surface area contributed by atoms with E-state index in [2.05, 4.69) is 33.1 Å². The Labute approximate surface area is 172 Å². The number of amides is 1. The Morgan fingerprint density at radius 1 is 1.18 bits per heavy atom. The predicted molar refractivity (Wildman–Crippen MR) is 114 cm³/mol. The molecule has 28 heavy (non-hydrogen) atoms. The molecule has 1 atom stereocenters. The molecule has 5 nitrogen and oxygen atoms in total. The molecule has 4 rings (SSSR count). The average Bonchev–Trinajstić information content (AvgIpc) is 3.32. The molecule has 0 saturated carbocycles. The summed E-state index contributed by atoms with van der Waals surface area (Å²) in [6, 6.07) is 12.8. The van der Waals surface area contributed by atoms with E-state index in [9.17, 15) is 13.2 Å². The number of fused-ring (bicyclic) bond motifs is 1. The summed E-state index contributed by atoms with van der Waals surface area (Å²) in [5.41, 5.74) is 1.78. The lowest BCUT2D eigenvalue weighted by atomic mass is 9.98. The smallest absolute Gasteiger partial charge is 0.238 e. The summed E-state index contributed by atoms with van der Waals surface area (Å²) in [4.78, 5) is 17.7. The van der Waals surface area contributed by atoms with Crippen molar-refractivity contribution in [2.24, 2.45) is 0 Å². The lowest BCUT2D eigenvalue weighted by Gasteiger charge is -2.34. The highest BCUT2D eigenvalue weighted by Gasteiger charge is 2.31. The van der Waals surface area contributed by atoms with Crippen molar-refractivity contribution in [2.75, 3.05) is 24.7 Å². The molecule has 1 amide bonds. The first-order chi connectivity index (χ1) is 13.4. The number of sulfone groups is 1. The van der Waals surface area contributed by atoms with Crippen LogP contribution in [0, 0.1) is 0 Å². The van der Waals surface area contributed by atoms with Crippen LogP contribution in [-0.2, 0) is 21.1 Å². The quantitative estimate of drug-likeness (QED) is 0.666. The van der Waals surface area contributed by atoms with Gasteiger partial charge in [0.25, 0.3) is 0 Å². The molecule has 0 spiro atoms. The van der Waals surface area contributed by atoms with Crippen molar-refractivity contribution in [2.45, 2.75) is 17.4 Å². The minimum absolute atomic E-state index is 0.0862. The fourth-order valence-corrected chi connectivity index (χ4v) is 5.96. The third-order valence-corrected chi connectivity index (χ3v) is 7.80. The molecule has 1 aromatic carbocycles. The molecule has 1 aliphatic rings. The van der Waals surface area contributed by atoms with Gasteiger partial charge in [0.05, 0.1) is 17.5 Å². The SMILES string of the molecule is CS(=O)(=O)c1cccc(NC(=O)CN2CCc3sccc3[C@H]2c2cccs2)c1. The van der Waals surface area contributed by atoms with Gasteiger partial charge in [-0.2, -0.15) is 0 Å². The second-order valence-corrected chi connectivity index (χ2v) is 10.8. The summed E-state index contributed by atoms with van der Waals surface area (Å²) in [5, 5.41) is 7.02. The maximum Gasteiger partial charge on any atom is 0.238 e. The van der Waals surface area contributed by atoms with Gasteiger partial charge in [-0.3, -0.25) is 9.69 Å². The lowest BCUT2D eigenvalue weighted by molar-refractivity contribution is -0.117. The van der Waals surface area contributed by atoms with Crippen LogP contribution in [0.3, 0.4) is 0 Å².